The first kappa shape index (κ1) is 21.1. The third kappa shape index (κ3) is 5.92. The maximum Gasteiger partial charge on any atom is 0.461 e. The number of esters is 1. The van der Waals surface area contributed by atoms with Gasteiger partial charge in [-0.15, -0.1) is 0 Å². The van der Waals surface area contributed by atoms with Gasteiger partial charge in [-0.3, -0.25) is 4.79 Å². The van der Waals surface area contributed by atoms with Gasteiger partial charge in [0.1, 0.15) is 17.9 Å². The maximum atomic E-state index is 12.2. The van der Waals surface area contributed by atoms with E-state index < -0.39 is 20.0 Å². The number of imidazole rings is 1. The number of carbonyl (C=O) groups excluding carboxylic acids is 1. The predicted molar refractivity (Wildman–Crippen MR) is 101 cm³/mol. The summed E-state index contributed by atoms with van der Waals surface area (Å²) in [6.45, 7) is 7.68. The predicted octanol–water partition coefficient (Wildman–Crippen LogP) is 1.83. The monoisotopic (exact) mass is 397 g/mol. The quantitative estimate of drug-likeness (QED) is 0.455. The van der Waals surface area contributed by atoms with Crippen molar-refractivity contribution in [2.75, 3.05) is 12.1 Å². The summed E-state index contributed by atoms with van der Waals surface area (Å²) in [5, 5.41) is 2.78. The van der Waals surface area contributed by atoms with E-state index in [9.17, 15) is 9.36 Å². The van der Waals surface area contributed by atoms with Gasteiger partial charge in [0, 0.05) is 0 Å². The van der Waals surface area contributed by atoms with Crippen LogP contribution in [-0.4, -0.2) is 50.1 Å². The van der Waals surface area contributed by atoms with E-state index >= 15 is 0 Å². The third-order valence-electron chi connectivity index (χ3n) is 3.70. The van der Waals surface area contributed by atoms with Gasteiger partial charge in [0.2, 0.25) is 0 Å². The Hall–Kier alpha value is -2.16. The molecule has 148 valence electrons. The van der Waals surface area contributed by atoms with E-state index in [0.29, 0.717) is 29.9 Å². The summed E-state index contributed by atoms with van der Waals surface area (Å²) in [6, 6.07) is -0.618. The highest BCUT2D eigenvalue weighted by Crippen LogP contribution is 2.20. The number of aromatic nitrogens is 4. The molecule has 0 fully saturated rings. The number of fused-ring (bicyclic) bond motifs is 1. The first-order valence-electron chi connectivity index (χ1n) is 8.76. The molecule has 0 radical (unpaired) electrons. The lowest BCUT2D eigenvalue weighted by atomic mass is 10.2. The Labute approximate surface area is 158 Å². The van der Waals surface area contributed by atoms with Crippen molar-refractivity contribution < 1.29 is 18.8 Å². The average Bonchev–Trinajstić information content (AvgIpc) is 3.01. The fraction of sp³-hybridized carbons (Fsp3) is 0.625. The minimum atomic E-state index is -1.91. The fourth-order valence-electron chi connectivity index (χ4n) is 2.39. The summed E-state index contributed by atoms with van der Waals surface area (Å²) in [6.07, 6.45) is 2.98. The second-order valence-electron chi connectivity index (χ2n) is 6.39. The van der Waals surface area contributed by atoms with Crippen molar-refractivity contribution in [2.24, 2.45) is 0 Å². The Balaban J connectivity index is 1.85. The second kappa shape index (κ2) is 9.68. The molecule has 0 spiro atoms. The number of carbonyl (C=O) groups is 1. The zero-order valence-electron chi connectivity index (χ0n) is 16.0. The third-order valence-corrected chi connectivity index (χ3v) is 4.69. The van der Waals surface area contributed by atoms with Crippen LogP contribution in [0, 0.1) is 0 Å². The number of nitrogens with one attached hydrogen (secondary N) is 1. The molecule has 0 bridgehead atoms. The van der Waals surface area contributed by atoms with Gasteiger partial charge in [-0.05, 0) is 31.8 Å². The van der Waals surface area contributed by atoms with Crippen molar-refractivity contribution in [1.82, 2.24) is 24.6 Å². The molecule has 0 aliphatic heterocycles. The minimum Gasteiger partial charge on any atom is -0.462 e. The molecule has 11 heteroatoms. The molecular formula is C16H26N6O4P+. The molecule has 0 aliphatic rings. The number of nitrogens with zero attached hydrogens (tertiary/aromatic N) is 4. The highest BCUT2D eigenvalue weighted by molar-refractivity contribution is 7.42. The largest absolute Gasteiger partial charge is 0.462 e. The molecule has 2 heterocycles. The van der Waals surface area contributed by atoms with E-state index in [1.165, 1.54) is 6.33 Å². The molecule has 27 heavy (non-hydrogen) atoms. The van der Waals surface area contributed by atoms with Crippen molar-refractivity contribution >= 4 is 30.9 Å². The number of anilines is 1. The van der Waals surface area contributed by atoms with Crippen molar-refractivity contribution in [3.63, 3.8) is 0 Å². The van der Waals surface area contributed by atoms with Gasteiger partial charge in [0.25, 0.3) is 6.35 Å². The van der Waals surface area contributed by atoms with Gasteiger partial charge in [-0.2, -0.15) is 0 Å². The van der Waals surface area contributed by atoms with E-state index in [4.69, 9.17) is 15.2 Å². The highest BCUT2D eigenvalue weighted by Gasteiger charge is 2.29. The molecular weight excluding hydrogens is 371 g/mol. The summed E-state index contributed by atoms with van der Waals surface area (Å²) in [7, 11) is -1.91. The van der Waals surface area contributed by atoms with Gasteiger partial charge in [-0.1, -0.05) is 12.0 Å². The minimum absolute atomic E-state index is 0.0221. The Kier molecular flexibility index (Phi) is 7.58. The van der Waals surface area contributed by atoms with Crippen molar-refractivity contribution in [1.29, 1.82) is 0 Å². The maximum absolute atomic E-state index is 12.2. The number of rotatable bonds is 10. The lowest BCUT2D eigenvalue weighted by Crippen LogP contribution is -2.35. The van der Waals surface area contributed by atoms with Crippen molar-refractivity contribution in [3.8, 4) is 0 Å². The van der Waals surface area contributed by atoms with Gasteiger partial charge >= 0.3 is 13.9 Å². The lowest BCUT2D eigenvalue weighted by Gasteiger charge is -2.14. The normalized spacial score (nSPS) is 14.3. The summed E-state index contributed by atoms with van der Waals surface area (Å²) >= 11 is 0. The topological polar surface area (TPSA) is 134 Å². The van der Waals surface area contributed by atoms with Gasteiger partial charge in [-0.25, -0.2) is 15.0 Å². The van der Waals surface area contributed by atoms with Crippen LogP contribution in [0.15, 0.2) is 12.7 Å². The van der Waals surface area contributed by atoms with Gasteiger partial charge in [0.05, 0.1) is 25.1 Å². The van der Waals surface area contributed by atoms with Crippen LogP contribution in [0.1, 0.15) is 34.1 Å². The van der Waals surface area contributed by atoms with Crippen LogP contribution in [-0.2, 0) is 25.4 Å². The summed E-state index contributed by atoms with van der Waals surface area (Å²) in [5.74, 6) is -0.0930. The smallest absolute Gasteiger partial charge is 0.461 e. The average molecular weight is 397 g/mol. The van der Waals surface area contributed by atoms with Crippen LogP contribution in [0.2, 0.25) is 0 Å². The lowest BCUT2D eigenvalue weighted by molar-refractivity contribution is -0.149. The molecule has 2 aromatic rings. The molecule has 0 saturated carbocycles. The Morgan fingerprint density at radius 3 is 2.74 bits per heavy atom. The Bertz CT molecular complexity index is 796. The molecule has 3 atom stereocenters. The van der Waals surface area contributed by atoms with E-state index in [1.54, 1.807) is 24.7 Å². The van der Waals surface area contributed by atoms with Gasteiger partial charge < -0.3 is 19.8 Å². The van der Waals surface area contributed by atoms with E-state index in [2.05, 4.69) is 20.0 Å². The highest BCUT2D eigenvalue weighted by atomic mass is 31.1. The number of hydrogen-bond donors (Lipinski definition) is 2. The van der Waals surface area contributed by atoms with Crippen molar-refractivity contribution in [2.45, 2.75) is 58.9 Å². The Morgan fingerprint density at radius 1 is 1.33 bits per heavy atom. The molecule has 2 aromatic heterocycles. The molecule has 0 amide bonds. The van der Waals surface area contributed by atoms with Crippen LogP contribution in [0.25, 0.3) is 11.2 Å². The first-order chi connectivity index (χ1) is 12.8. The molecule has 0 saturated heterocycles. The van der Waals surface area contributed by atoms with Crippen LogP contribution in [0.3, 0.4) is 0 Å². The van der Waals surface area contributed by atoms with Crippen LogP contribution < -0.4 is 10.8 Å². The van der Waals surface area contributed by atoms with Crippen LogP contribution in [0.5, 0.6) is 0 Å². The van der Waals surface area contributed by atoms with E-state index in [1.807, 2.05) is 13.8 Å². The summed E-state index contributed by atoms with van der Waals surface area (Å²) in [4.78, 5) is 24.2. The fourth-order valence-corrected chi connectivity index (χ4v) is 3.49. The molecule has 0 aliphatic carbocycles. The number of ether oxygens (including phenoxy) is 2. The number of hydrogen-bond acceptors (Lipinski definition) is 8. The molecule has 2 rings (SSSR count). The zero-order valence-corrected chi connectivity index (χ0v) is 16.8. The zero-order chi connectivity index (χ0) is 20.0. The molecule has 10 nitrogen and oxygen atoms in total. The molecule has 3 N–H and O–H groups in total. The molecule has 0 aromatic carbocycles. The first-order valence-corrected chi connectivity index (χ1v) is 10.2. The van der Waals surface area contributed by atoms with Crippen LogP contribution >= 0.6 is 7.95 Å². The van der Waals surface area contributed by atoms with E-state index in [-0.39, 0.29) is 18.6 Å². The second-order valence-corrected chi connectivity index (χ2v) is 7.66. The van der Waals surface area contributed by atoms with E-state index in [0.717, 1.165) is 0 Å². The SMILES string of the molecule is CC[C@H](N[P+](=O)CO[C@H](C)Cn1cnc2c(N)ncnc21)C(=O)OC(C)C. The summed E-state index contributed by atoms with van der Waals surface area (Å²) in [5.41, 5.74) is 6.92. The summed E-state index contributed by atoms with van der Waals surface area (Å²) < 4.78 is 24.8. The number of nitrogen functional groups attached to an aromatic ring is 1. The van der Waals surface area contributed by atoms with Crippen molar-refractivity contribution in [3.05, 3.63) is 12.7 Å². The van der Waals surface area contributed by atoms with Gasteiger partial charge in [0.15, 0.2) is 11.5 Å². The molecule has 1 unspecified atom stereocenters. The number of nitrogens with two attached hydrogens (primary N) is 1. The standard InChI is InChI=1S/C16H26N6O4P/c1-5-12(16(23)26-10(2)3)21-27(24)9-25-11(4)6-22-8-20-13-14(17)18-7-19-15(13)22/h7-8,10-12H,5-6,9H2,1-4H3,(H,21,24)(H2,17,18,19)/q+1/t11-,12+/m1/s1. The van der Waals surface area contributed by atoms with Crippen LogP contribution in [0.4, 0.5) is 5.82 Å². The Morgan fingerprint density at radius 2 is 2.07 bits per heavy atom.